The zero-order valence-corrected chi connectivity index (χ0v) is 14.0. The highest BCUT2D eigenvalue weighted by Crippen LogP contribution is 2.37. The summed E-state index contributed by atoms with van der Waals surface area (Å²) in [4.78, 5) is 17.4. The van der Waals surface area contributed by atoms with Gasteiger partial charge in [-0.05, 0) is 33.7 Å². The first kappa shape index (κ1) is 16.7. The lowest BCUT2D eigenvalue weighted by atomic mass is 9.85. The molecule has 0 atom stereocenters. The Morgan fingerprint density at radius 3 is 2.29 bits per heavy atom. The zero-order chi connectivity index (χ0) is 15.5. The standard InChI is InChI=1S/C16H32N4O/c1-15(2,20-10-8-19(3)9-11-20)13-18-14(21)16(12-17)6-4-5-7-16/h4-13,17H2,1-3H3,(H,18,21). The fourth-order valence-electron chi connectivity index (χ4n) is 3.58. The number of hydrogen-bond acceptors (Lipinski definition) is 4. The topological polar surface area (TPSA) is 61.6 Å². The van der Waals surface area contributed by atoms with Crippen LogP contribution in [-0.4, -0.2) is 67.6 Å². The van der Waals surface area contributed by atoms with Gasteiger partial charge in [-0.25, -0.2) is 0 Å². The molecular weight excluding hydrogens is 264 g/mol. The molecular formula is C16H32N4O. The largest absolute Gasteiger partial charge is 0.354 e. The molecule has 1 saturated heterocycles. The second kappa shape index (κ2) is 6.63. The van der Waals surface area contributed by atoms with Crippen LogP contribution in [0.15, 0.2) is 0 Å². The van der Waals surface area contributed by atoms with Crippen molar-refractivity contribution < 1.29 is 4.79 Å². The number of likely N-dealkylation sites (N-methyl/N-ethyl adjacent to an activating group) is 1. The molecule has 5 nitrogen and oxygen atoms in total. The Kier molecular flexibility index (Phi) is 5.28. The fraction of sp³-hybridized carbons (Fsp3) is 0.938. The first-order chi connectivity index (χ1) is 9.89. The monoisotopic (exact) mass is 296 g/mol. The zero-order valence-electron chi connectivity index (χ0n) is 14.0. The molecule has 1 saturated carbocycles. The number of nitrogens with zero attached hydrogens (tertiary/aromatic N) is 2. The number of hydrogen-bond donors (Lipinski definition) is 2. The Bertz CT molecular complexity index is 355. The molecule has 122 valence electrons. The van der Waals surface area contributed by atoms with Crippen LogP contribution in [0.4, 0.5) is 0 Å². The lowest BCUT2D eigenvalue weighted by molar-refractivity contribution is -0.131. The van der Waals surface area contributed by atoms with Gasteiger partial charge in [0.05, 0.1) is 5.41 Å². The molecule has 2 fully saturated rings. The van der Waals surface area contributed by atoms with Crippen LogP contribution < -0.4 is 11.1 Å². The van der Waals surface area contributed by atoms with Crippen LogP contribution in [0, 0.1) is 5.41 Å². The van der Waals surface area contributed by atoms with Crippen LogP contribution in [0.3, 0.4) is 0 Å². The Balaban J connectivity index is 1.87. The molecule has 0 aromatic carbocycles. The predicted molar refractivity (Wildman–Crippen MR) is 86.1 cm³/mol. The molecule has 5 heteroatoms. The second-order valence-electron chi connectivity index (χ2n) is 7.48. The number of rotatable bonds is 5. The normalized spacial score (nSPS) is 24.2. The van der Waals surface area contributed by atoms with Crippen molar-refractivity contribution in [3.8, 4) is 0 Å². The summed E-state index contributed by atoms with van der Waals surface area (Å²) in [5, 5.41) is 3.19. The van der Waals surface area contributed by atoms with Crippen molar-refractivity contribution in [1.82, 2.24) is 15.1 Å². The van der Waals surface area contributed by atoms with Gasteiger partial charge in [-0.15, -0.1) is 0 Å². The Morgan fingerprint density at radius 1 is 1.19 bits per heavy atom. The van der Waals surface area contributed by atoms with Crippen molar-refractivity contribution in [2.24, 2.45) is 11.1 Å². The highest BCUT2D eigenvalue weighted by atomic mass is 16.2. The van der Waals surface area contributed by atoms with E-state index in [0.29, 0.717) is 13.1 Å². The molecule has 1 amide bonds. The maximum atomic E-state index is 12.6. The van der Waals surface area contributed by atoms with Crippen LogP contribution in [0.1, 0.15) is 39.5 Å². The molecule has 2 rings (SSSR count). The summed E-state index contributed by atoms with van der Waals surface area (Å²) in [5.74, 6) is 0.171. The van der Waals surface area contributed by atoms with Gasteiger partial charge in [0.15, 0.2) is 0 Å². The highest BCUT2D eigenvalue weighted by molar-refractivity contribution is 5.83. The summed E-state index contributed by atoms with van der Waals surface area (Å²) >= 11 is 0. The highest BCUT2D eigenvalue weighted by Gasteiger charge is 2.40. The van der Waals surface area contributed by atoms with E-state index < -0.39 is 0 Å². The lowest BCUT2D eigenvalue weighted by Crippen LogP contribution is -2.59. The molecule has 0 aromatic heterocycles. The molecule has 0 bridgehead atoms. The number of carbonyl (C=O) groups is 1. The Hall–Kier alpha value is -0.650. The minimum Gasteiger partial charge on any atom is -0.354 e. The van der Waals surface area contributed by atoms with Gasteiger partial charge in [-0.2, -0.15) is 0 Å². The summed E-state index contributed by atoms with van der Waals surface area (Å²) in [6.45, 7) is 9.98. The van der Waals surface area contributed by atoms with Crippen molar-refractivity contribution in [1.29, 1.82) is 0 Å². The smallest absolute Gasteiger partial charge is 0.227 e. The van der Waals surface area contributed by atoms with E-state index in [2.05, 4.69) is 36.0 Å². The van der Waals surface area contributed by atoms with E-state index >= 15 is 0 Å². The van der Waals surface area contributed by atoms with Gasteiger partial charge in [-0.1, -0.05) is 12.8 Å². The van der Waals surface area contributed by atoms with Crippen LogP contribution in [0.5, 0.6) is 0 Å². The molecule has 0 aromatic rings. The van der Waals surface area contributed by atoms with E-state index in [4.69, 9.17) is 5.73 Å². The average Bonchev–Trinajstić information content (AvgIpc) is 2.95. The SMILES string of the molecule is CN1CCN(C(C)(C)CNC(=O)C2(CN)CCCC2)CC1. The first-order valence-corrected chi connectivity index (χ1v) is 8.32. The van der Waals surface area contributed by atoms with Crippen LogP contribution in [0.2, 0.25) is 0 Å². The second-order valence-corrected chi connectivity index (χ2v) is 7.48. The van der Waals surface area contributed by atoms with E-state index in [1.165, 1.54) is 0 Å². The summed E-state index contributed by atoms with van der Waals surface area (Å²) < 4.78 is 0. The van der Waals surface area contributed by atoms with E-state index in [1.54, 1.807) is 0 Å². The summed E-state index contributed by atoms with van der Waals surface area (Å²) in [6, 6.07) is 0. The van der Waals surface area contributed by atoms with E-state index in [9.17, 15) is 4.79 Å². The van der Waals surface area contributed by atoms with E-state index in [0.717, 1.165) is 51.9 Å². The minimum absolute atomic E-state index is 0.00527. The van der Waals surface area contributed by atoms with Crippen molar-refractivity contribution in [3.63, 3.8) is 0 Å². The predicted octanol–water partition coefficient (Wildman–Crippen LogP) is 0.648. The summed E-state index contributed by atoms with van der Waals surface area (Å²) in [5.41, 5.74) is 5.60. The quantitative estimate of drug-likeness (QED) is 0.782. The molecule has 0 radical (unpaired) electrons. The molecule has 0 spiro atoms. The molecule has 0 unspecified atom stereocenters. The van der Waals surface area contributed by atoms with Crippen molar-refractivity contribution in [3.05, 3.63) is 0 Å². The van der Waals surface area contributed by atoms with Crippen molar-refractivity contribution >= 4 is 5.91 Å². The van der Waals surface area contributed by atoms with Gasteiger partial charge in [0.1, 0.15) is 0 Å². The van der Waals surface area contributed by atoms with Gasteiger partial charge >= 0.3 is 0 Å². The number of piperazine rings is 1. The van der Waals surface area contributed by atoms with Crippen LogP contribution in [-0.2, 0) is 4.79 Å². The third kappa shape index (κ3) is 3.76. The van der Waals surface area contributed by atoms with Crippen molar-refractivity contribution in [2.45, 2.75) is 45.1 Å². The maximum Gasteiger partial charge on any atom is 0.227 e. The maximum absolute atomic E-state index is 12.6. The van der Waals surface area contributed by atoms with Crippen LogP contribution >= 0.6 is 0 Å². The Morgan fingerprint density at radius 2 is 1.76 bits per heavy atom. The number of nitrogens with one attached hydrogen (secondary N) is 1. The molecule has 1 aliphatic carbocycles. The van der Waals surface area contributed by atoms with Gasteiger partial charge in [0.2, 0.25) is 5.91 Å². The lowest BCUT2D eigenvalue weighted by Gasteiger charge is -2.43. The number of nitrogens with two attached hydrogens (primary N) is 1. The van der Waals surface area contributed by atoms with Crippen LogP contribution in [0.25, 0.3) is 0 Å². The number of carbonyl (C=O) groups excluding carboxylic acids is 1. The van der Waals surface area contributed by atoms with Gasteiger partial charge in [-0.3, -0.25) is 9.69 Å². The third-order valence-electron chi connectivity index (χ3n) is 5.47. The molecule has 1 heterocycles. The van der Waals surface area contributed by atoms with Crippen molar-refractivity contribution in [2.75, 3.05) is 46.3 Å². The van der Waals surface area contributed by atoms with E-state index in [1.807, 2.05) is 0 Å². The molecule has 2 aliphatic rings. The summed E-state index contributed by atoms with van der Waals surface area (Å²) in [7, 11) is 2.16. The fourth-order valence-corrected chi connectivity index (χ4v) is 3.58. The van der Waals surface area contributed by atoms with Gasteiger partial charge < -0.3 is 16.0 Å². The third-order valence-corrected chi connectivity index (χ3v) is 5.47. The van der Waals surface area contributed by atoms with Gasteiger partial charge in [0, 0.05) is 44.8 Å². The molecule has 3 N–H and O–H groups in total. The molecule has 21 heavy (non-hydrogen) atoms. The minimum atomic E-state index is -0.293. The first-order valence-electron chi connectivity index (χ1n) is 8.32. The molecule has 1 aliphatic heterocycles. The van der Waals surface area contributed by atoms with Gasteiger partial charge in [0.25, 0.3) is 0 Å². The Labute approximate surface area is 129 Å². The number of amides is 1. The average molecular weight is 296 g/mol. The summed E-state index contributed by atoms with van der Waals surface area (Å²) in [6.07, 6.45) is 4.16. The van der Waals surface area contributed by atoms with E-state index in [-0.39, 0.29) is 16.9 Å².